The summed E-state index contributed by atoms with van der Waals surface area (Å²) in [6, 6.07) is 8.49. The van der Waals surface area contributed by atoms with Crippen molar-refractivity contribution in [1.29, 1.82) is 0 Å². The summed E-state index contributed by atoms with van der Waals surface area (Å²) in [4.78, 5) is 3.25. The molecule has 1 aromatic carbocycles. The second kappa shape index (κ2) is 5.58. The monoisotopic (exact) mass is 272 g/mol. The van der Waals surface area contributed by atoms with Crippen molar-refractivity contribution in [2.24, 2.45) is 5.41 Å². The van der Waals surface area contributed by atoms with E-state index in [0.29, 0.717) is 0 Å². The van der Waals surface area contributed by atoms with Crippen LogP contribution in [0.15, 0.2) is 30.5 Å². The van der Waals surface area contributed by atoms with E-state index in [1.54, 1.807) is 0 Å². The summed E-state index contributed by atoms with van der Waals surface area (Å²) in [7, 11) is 0. The molecule has 0 amide bonds. The number of fused-ring (bicyclic) bond motifs is 1. The highest BCUT2D eigenvalue weighted by atomic mass is 16.3. The summed E-state index contributed by atoms with van der Waals surface area (Å²) >= 11 is 0. The summed E-state index contributed by atoms with van der Waals surface area (Å²) in [5, 5.41) is 15.1. The van der Waals surface area contributed by atoms with Crippen LogP contribution in [0, 0.1) is 5.41 Å². The first-order chi connectivity index (χ1) is 9.69. The Labute approximate surface area is 120 Å². The first-order valence-electron chi connectivity index (χ1n) is 7.63. The van der Waals surface area contributed by atoms with Crippen molar-refractivity contribution in [3.63, 3.8) is 0 Å². The molecule has 3 N–H and O–H groups in total. The fourth-order valence-corrected chi connectivity index (χ4v) is 3.38. The van der Waals surface area contributed by atoms with Crippen LogP contribution in [0.2, 0.25) is 0 Å². The number of rotatable bonds is 4. The van der Waals surface area contributed by atoms with Gasteiger partial charge in [0.2, 0.25) is 0 Å². The number of aromatic amines is 1. The molecule has 20 heavy (non-hydrogen) atoms. The van der Waals surface area contributed by atoms with Gasteiger partial charge < -0.3 is 15.4 Å². The minimum atomic E-state index is -0.160. The van der Waals surface area contributed by atoms with Crippen LogP contribution in [-0.4, -0.2) is 22.7 Å². The minimum absolute atomic E-state index is 0.0320. The van der Waals surface area contributed by atoms with Crippen molar-refractivity contribution in [3.05, 3.63) is 36.0 Å². The molecule has 2 atom stereocenters. The zero-order valence-corrected chi connectivity index (χ0v) is 12.2. The van der Waals surface area contributed by atoms with E-state index in [-0.39, 0.29) is 11.5 Å². The van der Waals surface area contributed by atoms with Gasteiger partial charge in [0.25, 0.3) is 0 Å². The average Bonchev–Trinajstić information content (AvgIpc) is 2.92. The lowest BCUT2D eigenvalue weighted by Crippen LogP contribution is -2.43. The number of hydrogen-bond donors (Lipinski definition) is 3. The molecule has 0 radical (unpaired) electrons. The number of hydrogen-bond acceptors (Lipinski definition) is 2. The van der Waals surface area contributed by atoms with E-state index in [2.05, 4.69) is 41.5 Å². The van der Waals surface area contributed by atoms with Crippen molar-refractivity contribution < 1.29 is 5.11 Å². The topological polar surface area (TPSA) is 48.0 Å². The fourth-order valence-electron chi connectivity index (χ4n) is 3.38. The van der Waals surface area contributed by atoms with E-state index in [0.717, 1.165) is 25.9 Å². The Kier molecular flexibility index (Phi) is 3.81. The lowest BCUT2D eigenvalue weighted by atomic mass is 9.73. The first kappa shape index (κ1) is 13.7. The standard InChI is InChI=1S/C17H24N2O/c1-17(9-3-2-7-16(17)20)12-18-11-13-5-4-6-15-14(13)8-10-19-15/h4-6,8,10,16,18-20H,2-3,7,9,11-12H2,1H3. The second-order valence-electron chi connectivity index (χ2n) is 6.38. The SMILES string of the molecule is CC1(CNCc2cccc3[nH]ccc23)CCCCC1O. The zero-order valence-electron chi connectivity index (χ0n) is 12.2. The molecule has 1 aliphatic carbocycles. The molecular formula is C17H24N2O. The Hall–Kier alpha value is -1.32. The zero-order chi connectivity index (χ0) is 14.0. The van der Waals surface area contributed by atoms with E-state index >= 15 is 0 Å². The maximum Gasteiger partial charge on any atom is 0.0605 e. The lowest BCUT2D eigenvalue weighted by molar-refractivity contribution is 0.00117. The molecule has 2 unspecified atom stereocenters. The van der Waals surface area contributed by atoms with Crippen molar-refractivity contribution in [1.82, 2.24) is 10.3 Å². The summed E-state index contributed by atoms with van der Waals surface area (Å²) in [6.07, 6.45) is 6.30. The van der Waals surface area contributed by atoms with Crippen molar-refractivity contribution >= 4 is 10.9 Å². The predicted octanol–water partition coefficient (Wildman–Crippen LogP) is 3.20. The smallest absolute Gasteiger partial charge is 0.0605 e. The quantitative estimate of drug-likeness (QED) is 0.800. The molecule has 0 bridgehead atoms. The van der Waals surface area contributed by atoms with E-state index in [1.165, 1.54) is 29.3 Å². The molecule has 3 rings (SSSR count). The van der Waals surface area contributed by atoms with Gasteiger partial charge in [0.05, 0.1) is 6.10 Å². The van der Waals surface area contributed by atoms with Crippen LogP contribution in [0.4, 0.5) is 0 Å². The van der Waals surface area contributed by atoms with Gasteiger partial charge in [0, 0.05) is 35.6 Å². The highest BCUT2D eigenvalue weighted by Gasteiger charge is 2.34. The van der Waals surface area contributed by atoms with Crippen LogP contribution >= 0.6 is 0 Å². The molecule has 1 heterocycles. The largest absolute Gasteiger partial charge is 0.393 e. The van der Waals surface area contributed by atoms with Crippen molar-refractivity contribution in [3.8, 4) is 0 Å². The van der Waals surface area contributed by atoms with Crippen molar-refractivity contribution in [2.45, 2.75) is 45.3 Å². The third-order valence-electron chi connectivity index (χ3n) is 4.81. The van der Waals surface area contributed by atoms with Crippen LogP contribution in [0.3, 0.4) is 0 Å². The maximum atomic E-state index is 10.2. The normalized spacial score (nSPS) is 27.0. The van der Waals surface area contributed by atoms with E-state index in [9.17, 15) is 5.11 Å². The van der Waals surface area contributed by atoms with Gasteiger partial charge in [0.1, 0.15) is 0 Å². The highest BCUT2D eigenvalue weighted by Crippen LogP contribution is 2.35. The predicted molar refractivity (Wildman–Crippen MR) is 82.6 cm³/mol. The van der Waals surface area contributed by atoms with Gasteiger partial charge in [-0.2, -0.15) is 0 Å². The molecule has 1 saturated carbocycles. The van der Waals surface area contributed by atoms with Crippen LogP contribution < -0.4 is 5.32 Å². The summed E-state index contributed by atoms with van der Waals surface area (Å²) in [5.74, 6) is 0. The van der Waals surface area contributed by atoms with Crippen LogP contribution in [-0.2, 0) is 6.54 Å². The van der Waals surface area contributed by atoms with Gasteiger partial charge in [-0.15, -0.1) is 0 Å². The number of aromatic nitrogens is 1. The number of aliphatic hydroxyl groups excluding tert-OH is 1. The Morgan fingerprint density at radius 2 is 2.25 bits per heavy atom. The van der Waals surface area contributed by atoms with E-state index in [4.69, 9.17) is 0 Å². The molecule has 3 heteroatoms. The number of benzene rings is 1. The van der Waals surface area contributed by atoms with E-state index in [1.807, 2.05) is 6.20 Å². The summed E-state index contributed by atoms with van der Waals surface area (Å²) < 4.78 is 0. The molecule has 1 aliphatic rings. The molecule has 108 valence electrons. The van der Waals surface area contributed by atoms with Gasteiger partial charge >= 0.3 is 0 Å². The third kappa shape index (κ3) is 2.60. The first-order valence-corrected chi connectivity index (χ1v) is 7.63. The summed E-state index contributed by atoms with van der Waals surface area (Å²) in [6.45, 7) is 3.95. The van der Waals surface area contributed by atoms with Crippen LogP contribution in [0.1, 0.15) is 38.2 Å². The lowest BCUT2D eigenvalue weighted by Gasteiger charge is -2.38. The molecule has 0 saturated heterocycles. The molecule has 0 aliphatic heterocycles. The number of aliphatic hydroxyl groups is 1. The summed E-state index contributed by atoms with van der Waals surface area (Å²) in [5.41, 5.74) is 2.54. The minimum Gasteiger partial charge on any atom is -0.393 e. The number of H-pyrrole nitrogens is 1. The molecule has 2 aromatic rings. The average molecular weight is 272 g/mol. The maximum absolute atomic E-state index is 10.2. The molecule has 1 aromatic heterocycles. The van der Waals surface area contributed by atoms with Gasteiger partial charge in [-0.3, -0.25) is 0 Å². The van der Waals surface area contributed by atoms with Gasteiger partial charge in [-0.25, -0.2) is 0 Å². The Morgan fingerprint density at radius 3 is 3.10 bits per heavy atom. The Balaban J connectivity index is 1.64. The van der Waals surface area contributed by atoms with Crippen LogP contribution in [0.25, 0.3) is 10.9 Å². The highest BCUT2D eigenvalue weighted by molar-refractivity contribution is 5.82. The van der Waals surface area contributed by atoms with Gasteiger partial charge in [0.15, 0.2) is 0 Å². The molecular weight excluding hydrogens is 248 g/mol. The second-order valence-corrected chi connectivity index (χ2v) is 6.38. The fraction of sp³-hybridized carbons (Fsp3) is 0.529. The number of nitrogens with one attached hydrogen (secondary N) is 2. The molecule has 0 spiro atoms. The van der Waals surface area contributed by atoms with Gasteiger partial charge in [-0.05, 0) is 30.5 Å². The van der Waals surface area contributed by atoms with Crippen LogP contribution in [0.5, 0.6) is 0 Å². The Bertz CT molecular complexity index is 577. The molecule has 3 nitrogen and oxygen atoms in total. The van der Waals surface area contributed by atoms with E-state index < -0.39 is 0 Å². The Morgan fingerprint density at radius 1 is 1.35 bits per heavy atom. The van der Waals surface area contributed by atoms with Gasteiger partial charge in [-0.1, -0.05) is 31.9 Å². The third-order valence-corrected chi connectivity index (χ3v) is 4.81. The molecule has 1 fully saturated rings. The van der Waals surface area contributed by atoms with Crippen molar-refractivity contribution in [2.75, 3.05) is 6.54 Å².